The van der Waals surface area contributed by atoms with Gasteiger partial charge in [0.2, 0.25) is 5.91 Å². The predicted octanol–water partition coefficient (Wildman–Crippen LogP) is 1.09. The van der Waals surface area contributed by atoms with Crippen molar-refractivity contribution in [1.29, 1.82) is 0 Å². The van der Waals surface area contributed by atoms with E-state index in [2.05, 4.69) is 0 Å². The predicted molar refractivity (Wildman–Crippen MR) is 61.0 cm³/mol. The lowest BCUT2D eigenvalue weighted by atomic mass is 9.99. The average molecular weight is 227 g/mol. The molecule has 4 nitrogen and oxygen atoms in total. The summed E-state index contributed by atoms with van der Waals surface area (Å²) >= 11 is 0. The molecule has 1 fully saturated rings. The van der Waals surface area contributed by atoms with E-state index in [1.54, 1.807) is 4.90 Å². The highest BCUT2D eigenvalue weighted by Crippen LogP contribution is 2.15. The summed E-state index contributed by atoms with van der Waals surface area (Å²) in [6.07, 6.45) is 0. The maximum Gasteiger partial charge on any atom is 0.249 e. The molecule has 1 atom stereocenters. The molecule has 0 spiro atoms. The van der Waals surface area contributed by atoms with Gasteiger partial charge in [0, 0.05) is 12.5 Å². The minimum atomic E-state index is -0.386. The van der Waals surface area contributed by atoms with Crippen molar-refractivity contribution in [3.8, 4) is 0 Å². The molecule has 92 valence electrons. The van der Waals surface area contributed by atoms with Gasteiger partial charge in [-0.05, 0) is 5.92 Å². The molecule has 0 N–H and O–H groups in total. The maximum absolute atomic E-state index is 12.0. The van der Waals surface area contributed by atoms with Gasteiger partial charge in [-0.3, -0.25) is 9.59 Å². The molecule has 0 bridgehead atoms. The third kappa shape index (κ3) is 3.04. The van der Waals surface area contributed by atoms with Gasteiger partial charge in [-0.1, -0.05) is 27.7 Å². The van der Waals surface area contributed by atoms with Crippen molar-refractivity contribution in [3.05, 3.63) is 0 Å². The summed E-state index contributed by atoms with van der Waals surface area (Å²) in [6.45, 7) is 8.87. The van der Waals surface area contributed by atoms with Crippen molar-refractivity contribution in [2.45, 2.75) is 33.7 Å². The van der Waals surface area contributed by atoms with Gasteiger partial charge in [0.1, 0.15) is 12.6 Å². The molecule has 1 rings (SSSR count). The maximum atomic E-state index is 12.0. The topological polar surface area (TPSA) is 46.6 Å². The highest BCUT2D eigenvalue weighted by molar-refractivity contribution is 5.91. The Balaban J connectivity index is 2.78. The van der Waals surface area contributed by atoms with E-state index in [4.69, 9.17) is 4.74 Å². The first-order chi connectivity index (χ1) is 7.43. The summed E-state index contributed by atoms with van der Waals surface area (Å²) < 4.78 is 5.17. The van der Waals surface area contributed by atoms with Crippen LogP contribution in [-0.2, 0) is 14.3 Å². The van der Waals surface area contributed by atoms with Crippen LogP contribution in [0.1, 0.15) is 27.7 Å². The molecule has 1 aliphatic rings. The Labute approximate surface area is 96.9 Å². The molecule has 1 heterocycles. The molecule has 0 aromatic carbocycles. The summed E-state index contributed by atoms with van der Waals surface area (Å²) in [7, 11) is 0. The van der Waals surface area contributed by atoms with Gasteiger partial charge >= 0.3 is 0 Å². The van der Waals surface area contributed by atoms with Gasteiger partial charge in [-0.15, -0.1) is 0 Å². The molecule has 0 aliphatic carbocycles. The van der Waals surface area contributed by atoms with Crippen LogP contribution in [-0.4, -0.2) is 42.4 Å². The van der Waals surface area contributed by atoms with E-state index < -0.39 is 0 Å². The Morgan fingerprint density at radius 3 is 2.56 bits per heavy atom. The number of amides is 1. The number of morpholine rings is 1. The number of Topliss-reactive ketones (excluding diaryl/α,β-unsaturated/α-hetero) is 1. The van der Waals surface area contributed by atoms with Crippen LogP contribution in [0.3, 0.4) is 0 Å². The Bertz CT molecular complexity index is 273. The van der Waals surface area contributed by atoms with Gasteiger partial charge in [-0.25, -0.2) is 0 Å². The smallest absolute Gasteiger partial charge is 0.249 e. The van der Waals surface area contributed by atoms with Crippen LogP contribution >= 0.6 is 0 Å². The minimum Gasteiger partial charge on any atom is -0.369 e. The number of rotatable bonds is 4. The largest absolute Gasteiger partial charge is 0.369 e. The second-order valence-corrected chi connectivity index (χ2v) is 5.03. The molecule has 0 radical (unpaired) electrons. The molecule has 0 aromatic rings. The Morgan fingerprint density at radius 2 is 2.06 bits per heavy atom. The molecule has 1 amide bonds. The quantitative estimate of drug-likeness (QED) is 0.722. The Kier molecular flexibility index (Phi) is 4.47. The lowest BCUT2D eigenvalue weighted by Gasteiger charge is -2.36. The zero-order chi connectivity index (χ0) is 12.3. The molecule has 1 saturated heterocycles. The third-order valence-corrected chi connectivity index (χ3v) is 2.66. The zero-order valence-electron chi connectivity index (χ0n) is 10.5. The fraction of sp³-hybridized carbons (Fsp3) is 0.833. The second-order valence-electron chi connectivity index (χ2n) is 5.03. The molecule has 4 heteroatoms. The van der Waals surface area contributed by atoms with Gasteiger partial charge in [0.05, 0.1) is 6.61 Å². The van der Waals surface area contributed by atoms with E-state index in [0.717, 1.165) is 0 Å². The SMILES string of the molecule is CC(C)CN1C(=O)COCC1C(=O)C(C)C. The van der Waals surface area contributed by atoms with Gasteiger partial charge in [0.25, 0.3) is 0 Å². The molecule has 1 aliphatic heterocycles. The Hall–Kier alpha value is -0.900. The van der Waals surface area contributed by atoms with E-state index in [-0.39, 0.29) is 30.3 Å². The third-order valence-electron chi connectivity index (χ3n) is 2.66. The molecule has 16 heavy (non-hydrogen) atoms. The minimum absolute atomic E-state index is 0.0610. The highest BCUT2D eigenvalue weighted by Gasteiger charge is 2.34. The van der Waals surface area contributed by atoms with Crippen molar-refractivity contribution in [2.24, 2.45) is 11.8 Å². The van der Waals surface area contributed by atoms with E-state index in [1.165, 1.54) is 0 Å². The van der Waals surface area contributed by atoms with Crippen molar-refractivity contribution >= 4 is 11.7 Å². The Morgan fingerprint density at radius 1 is 1.44 bits per heavy atom. The lowest BCUT2D eigenvalue weighted by Crippen LogP contribution is -2.55. The van der Waals surface area contributed by atoms with Crippen molar-refractivity contribution < 1.29 is 14.3 Å². The highest BCUT2D eigenvalue weighted by atomic mass is 16.5. The van der Waals surface area contributed by atoms with Crippen molar-refractivity contribution in [3.63, 3.8) is 0 Å². The van der Waals surface area contributed by atoms with Crippen molar-refractivity contribution in [2.75, 3.05) is 19.8 Å². The van der Waals surface area contributed by atoms with Crippen LogP contribution in [0.4, 0.5) is 0 Å². The first kappa shape index (κ1) is 13.2. The number of hydrogen-bond donors (Lipinski definition) is 0. The summed E-state index contributed by atoms with van der Waals surface area (Å²) in [5.41, 5.74) is 0. The second kappa shape index (κ2) is 5.43. The van der Waals surface area contributed by atoms with E-state index >= 15 is 0 Å². The van der Waals surface area contributed by atoms with Crippen LogP contribution in [0.2, 0.25) is 0 Å². The van der Waals surface area contributed by atoms with Crippen LogP contribution in [0.5, 0.6) is 0 Å². The monoisotopic (exact) mass is 227 g/mol. The van der Waals surface area contributed by atoms with Crippen molar-refractivity contribution in [1.82, 2.24) is 4.90 Å². The van der Waals surface area contributed by atoms with Gasteiger partial charge in [0.15, 0.2) is 5.78 Å². The number of carbonyl (C=O) groups is 2. The molecular formula is C12H21NO3. The zero-order valence-corrected chi connectivity index (χ0v) is 10.5. The van der Waals surface area contributed by atoms with Crippen LogP contribution in [0.25, 0.3) is 0 Å². The number of ether oxygens (including phenoxy) is 1. The van der Waals surface area contributed by atoms with E-state index in [0.29, 0.717) is 19.1 Å². The fourth-order valence-corrected chi connectivity index (χ4v) is 1.85. The van der Waals surface area contributed by atoms with Crippen LogP contribution < -0.4 is 0 Å². The first-order valence-corrected chi connectivity index (χ1v) is 5.84. The summed E-state index contributed by atoms with van der Waals surface area (Å²) in [5, 5.41) is 0. The number of ketones is 1. The normalized spacial score (nSPS) is 22.0. The summed E-state index contributed by atoms with van der Waals surface area (Å²) in [4.78, 5) is 25.4. The lowest BCUT2D eigenvalue weighted by molar-refractivity contribution is -0.155. The first-order valence-electron chi connectivity index (χ1n) is 5.84. The molecule has 1 unspecified atom stereocenters. The number of nitrogens with zero attached hydrogens (tertiary/aromatic N) is 1. The van der Waals surface area contributed by atoms with Gasteiger partial charge < -0.3 is 9.64 Å². The molecule has 0 saturated carbocycles. The van der Waals surface area contributed by atoms with E-state index in [1.807, 2.05) is 27.7 Å². The number of hydrogen-bond acceptors (Lipinski definition) is 3. The van der Waals surface area contributed by atoms with Crippen LogP contribution in [0, 0.1) is 11.8 Å². The summed E-state index contributed by atoms with van der Waals surface area (Å²) in [5.74, 6) is 0.325. The molecular weight excluding hydrogens is 206 g/mol. The summed E-state index contributed by atoms with van der Waals surface area (Å²) in [6, 6.07) is -0.386. The molecule has 0 aromatic heterocycles. The van der Waals surface area contributed by atoms with Crippen LogP contribution in [0.15, 0.2) is 0 Å². The van der Waals surface area contributed by atoms with Gasteiger partial charge in [-0.2, -0.15) is 0 Å². The average Bonchev–Trinajstić information content (AvgIpc) is 2.19. The van der Waals surface area contributed by atoms with E-state index in [9.17, 15) is 9.59 Å². The number of carbonyl (C=O) groups excluding carboxylic acids is 2. The standard InChI is InChI=1S/C12H21NO3/c1-8(2)5-13-10(12(15)9(3)4)6-16-7-11(13)14/h8-10H,5-7H2,1-4H3. The fourth-order valence-electron chi connectivity index (χ4n) is 1.85.